The number of benzene rings is 1. The maximum Gasteiger partial charge on any atom is 0.240 e. The largest absolute Gasteiger partial charge is 0.394 e. The highest BCUT2D eigenvalue weighted by molar-refractivity contribution is 7.89. The summed E-state index contributed by atoms with van der Waals surface area (Å²) in [6, 6.07) is 3.48. The van der Waals surface area contributed by atoms with E-state index < -0.39 is 40.7 Å². The molecule has 0 spiro atoms. The molecule has 0 aromatic heterocycles. The number of rotatable bonds is 4. The zero-order valence-electron chi connectivity index (χ0n) is 9.86. The fourth-order valence-corrected chi connectivity index (χ4v) is 3.07. The molecule has 1 aliphatic rings. The number of aliphatic hydroxyl groups is 2. The van der Waals surface area contributed by atoms with Crippen LogP contribution in [0.25, 0.3) is 0 Å². The van der Waals surface area contributed by atoms with Crippen molar-refractivity contribution >= 4 is 10.0 Å². The fourth-order valence-electron chi connectivity index (χ4n) is 1.83. The van der Waals surface area contributed by atoms with Crippen LogP contribution in [0, 0.1) is 5.82 Å². The van der Waals surface area contributed by atoms with E-state index >= 15 is 0 Å². The Kier molecular flexibility index (Phi) is 4.16. The van der Waals surface area contributed by atoms with Gasteiger partial charge in [0.1, 0.15) is 18.0 Å². The van der Waals surface area contributed by atoms with E-state index in [0.29, 0.717) is 0 Å². The van der Waals surface area contributed by atoms with Crippen molar-refractivity contribution < 1.29 is 27.8 Å². The first kappa shape index (κ1) is 14.4. The average Bonchev–Trinajstić information content (AvgIpc) is 2.70. The molecule has 19 heavy (non-hydrogen) atoms. The van der Waals surface area contributed by atoms with E-state index in [2.05, 4.69) is 4.72 Å². The van der Waals surface area contributed by atoms with E-state index in [4.69, 9.17) is 9.84 Å². The van der Waals surface area contributed by atoms with Gasteiger partial charge in [-0.15, -0.1) is 0 Å². The molecule has 8 heteroatoms. The number of aliphatic hydroxyl groups excluding tert-OH is 2. The number of ether oxygens (including phenoxy) is 1. The third-order valence-electron chi connectivity index (χ3n) is 2.89. The van der Waals surface area contributed by atoms with Gasteiger partial charge in [-0.1, -0.05) is 0 Å². The lowest BCUT2D eigenvalue weighted by Gasteiger charge is -2.17. The monoisotopic (exact) mass is 291 g/mol. The van der Waals surface area contributed by atoms with Gasteiger partial charge in [0.05, 0.1) is 24.2 Å². The summed E-state index contributed by atoms with van der Waals surface area (Å²) in [5, 5.41) is 18.6. The van der Waals surface area contributed by atoms with Crippen LogP contribution < -0.4 is 4.72 Å². The number of sulfonamides is 1. The van der Waals surface area contributed by atoms with Crippen molar-refractivity contribution in [2.24, 2.45) is 0 Å². The van der Waals surface area contributed by atoms with Crippen LogP contribution >= 0.6 is 0 Å². The Morgan fingerprint density at radius 3 is 2.53 bits per heavy atom. The maximum absolute atomic E-state index is 12.7. The van der Waals surface area contributed by atoms with E-state index in [-0.39, 0.29) is 11.5 Å². The Hall–Kier alpha value is -1.06. The molecule has 1 fully saturated rings. The SMILES string of the molecule is O=S(=O)(N[C@H]1CO[C@@H](CO)[C@@H]1O)c1ccc(F)cc1. The van der Waals surface area contributed by atoms with E-state index in [0.717, 1.165) is 24.3 Å². The molecule has 0 unspecified atom stereocenters. The second-order valence-corrected chi connectivity index (χ2v) is 5.94. The highest BCUT2D eigenvalue weighted by atomic mass is 32.2. The van der Waals surface area contributed by atoms with Crippen LogP contribution in [0.5, 0.6) is 0 Å². The van der Waals surface area contributed by atoms with Crippen LogP contribution in [0.15, 0.2) is 29.2 Å². The minimum Gasteiger partial charge on any atom is -0.394 e. The summed E-state index contributed by atoms with van der Waals surface area (Å²) < 4.78 is 44.0. The first-order valence-corrected chi connectivity index (χ1v) is 7.11. The van der Waals surface area contributed by atoms with E-state index in [1.807, 2.05) is 0 Å². The van der Waals surface area contributed by atoms with E-state index in [1.165, 1.54) is 0 Å². The summed E-state index contributed by atoms with van der Waals surface area (Å²) in [6.45, 7) is -0.428. The van der Waals surface area contributed by atoms with Gasteiger partial charge in [-0.2, -0.15) is 0 Å². The van der Waals surface area contributed by atoms with Crippen LogP contribution in [0.2, 0.25) is 0 Å². The smallest absolute Gasteiger partial charge is 0.240 e. The molecule has 106 valence electrons. The lowest BCUT2D eigenvalue weighted by Crippen LogP contribution is -2.44. The van der Waals surface area contributed by atoms with Gasteiger partial charge in [-0.05, 0) is 24.3 Å². The summed E-state index contributed by atoms with van der Waals surface area (Å²) >= 11 is 0. The van der Waals surface area contributed by atoms with Gasteiger partial charge in [-0.25, -0.2) is 17.5 Å². The lowest BCUT2D eigenvalue weighted by atomic mass is 10.1. The highest BCUT2D eigenvalue weighted by Gasteiger charge is 2.37. The standard InChI is InChI=1S/C11H14FNO5S/c12-7-1-3-8(4-2-7)19(16,17)13-9-6-18-10(5-14)11(9)15/h1-4,9-11,13-15H,5-6H2/t9-,10-,11+/m0/s1. The Labute approximate surface area is 109 Å². The molecule has 1 aromatic rings. The van der Waals surface area contributed by atoms with Crippen LogP contribution in [0.3, 0.4) is 0 Å². The van der Waals surface area contributed by atoms with E-state index in [9.17, 15) is 17.9 Å². The number of hydrogen-bond acceptors (Lipinski definition) is 5. The van der Waals surface area contributed by atoms with Crippen molar-refractivity contribution in [1.82, 2.24) is 4.72 Å². The molecular weight excluding hydrogens is 277 g/mol. The predicted octanol–water partition coefficient (Wildman–Crippen LogP) is -0.775. The molecular formula is C11H14FNO5S. The second kappa shape index (κ2) is 5.51. The first-order valence-electron chi connectivity index (χ1n) is 5.62. The molecule has 0 saturated carbocycles. The number of hydrogen-bond donors (Lipinski definition) is 3. The van der Waals surface area contributed by atoms with Crippen LogP contribution in [0.4, 0.5) is 4.39 Å². The third-order valence-corrected chi connectivity index (χ3v) is 4.40. The molecule has 3 N–H and O–H groups in total. The fraction of sp³-hybridized carbons (Fsp3) is 0.455. The predicted molar refractivity (Wildman–Crippen MR) is 63.3 cm³/mol. The third kappa shape index (κ3) is 3.10. The summed E-state index contributed by atoms with van der Waals surface area (Å²) in [4.78, 5) is -0.103. The van der Waals surface area contributed by atoms with Gasteiger partial charge in [0.15, 0.2) is 0 Å². The maximum atomic E-state index is 12.7. The van der Waals surface area contributed by atoms with Crippen molar-refractivity contribution in [3.63, 3.8) is 0 Å². The Bertz CT molecular complexity index is 533. The minimum atomic E-state index is -3.86. The molecule has 0 bridgehead atoms. The van der Waals surface area contributed by atoms with Crippen molar-refractivity contribution in [3.05, 3.63) is 30.1 Å². The molecule has 6 nitrogen and oxygen atoms in total. The molecule has 2 rings (SSSR count). The van der Waals surface area contributed by atoms with Crippen LogP contribution in [0.1, 0.15) is 0 Å². The molecule has 0 aliphatic carbocycles. The summed E-state index contributed by atoms with van der Waals surface area (Å²) in [5.41, 5.74) is 0. The Morgan fingerprint density at radius 2 is 2.00 bits per heavy atom. The van der Waals surface area contributed by atoms with E-state index in [1.54, 1.807) is 0 Å². The Morgan fingerprint density at radius 1 is 1.37 bits per heavy atom. The van der Waals surface area contributed by atoms with Crippen molar-refractivity contribution in [1.29, 1.82) is 0 Å². The molecule has 1 saturated heterocycles. The van der Waals surface area contributed by atoms with Crippen molar-refractivity contribution in [2.75, 3.05) is 13.2 Å². The van der Waals surface area contributed by atoms with Crippen LogP contribution in [-0.4, -0.2) is 50.1 Å². The number of halogens is 1. The topological polar surface area (TPSA) is 95.9 Å². The Balaban J connectivity index is 2.12. The van der Waals surface area contributed by atoms with Crippen molar-refractivity contribution in [2.45, 2.75) is 23.1 Å². The molecule has 1 aromatic carbocycles. The van der Waals surface area contributed by atoms with Gasteiger partial charge in [0, 0.05) is 0 Å². The molecule has 1 aliphatic heterocycles. The quantitative estimate of drug-likeness (QED) is 0.676. The summed E-state index contributed by atoms with van der Waals surface area (Å²) in [6.07, 6.45) is -1.93. The van der Waals surface area contributed by atoms with Crippen molar-refractivity contribution in [3.8, 4) is 0 Å². The zero-order chi connectivity index (χ0) is 14.0. The number of nitrogens with one attached hydrogen (secondary N) is 1. The second-order valence-electron chi connectivity index (χ2n) is 4.23. The average molecular weight is 291 g/mol. The van der Waals surface area contributed by atoms with Crippen LogP contribution in [-0.2, 0) is 14.8 Å². The van der Waals surface area contributed by atoms with Gasteiger partial charge in [-0.3, -0.25) is 0 Å². The molecule has 3 atom stereocenters. The first-order chi connectivity index (χ1) is 8.94. The van der Waals surface area contributed by atoms with Gasteiger partial charge >= 0.3 is 0 Å². The van der Waals surface area contributed by atoms with Gasteiger partial charge < -0.3 is 14.9 Å². The summed E-state index contributed by atoms with van der Waals surface area (Å²) in [7, 11) is -3.86. The summed E-state index contributed by atoms with van der Waals surface area (Å²) in [5.74, 6) is -0.538. The normalized spacial score (nSPS) is 27.6. The molecule has 1 heterocycles. The van der Waals surface area contributed by atoms with Gasteiger partial charge in [0.25, 0.3) is 0 Å². The lowest BCUT2D eigenvalue weighted by molar-refractivity contribution is 0.00311. The molecule has 0 amide bonds. The van der Waals surface area contributed by atoms with Gasteiger partial charge in [0.2, 0.25) is 10.0 Å². The highest BCUT2D eigenvalue weighted by Crippen LogP contribution is 2.17. The zero-order valence-corrected chi connectivity index (χ0v) is 10.7. The molecule has 0 radical (unpaired) electrons. The minimum absolute atomic E-state index is 0.0349.